The van der Waals surface area contributed by atoms with Gasteiger partial charge in [-0.1, -0.05) is 71.8 Å². The Kier molecular flexibility index (Phi) is 6.22. The Labute approximate surface area is 184 Å². The number of carbonyl (C=O) groups is 1. The summed E-state index contributed by atoms with van der Waals surface area (Å²) >= 11 is 0. The molecule has 0 saturated heterocycles. The molecule has 3 heteroatoms. The van der Waals surface area contributed by atoms with Gasteiger partial charge in [-0.2, -0.15) is 0 Å². The Hall–Kier alpha value is -3.33. The highest BCUT2D eigenvalue weighted by Gasteiger charge is 2.11. The van der Waals surface area contributed by atoms with E-state index in [0.717, 1.165) is 18.5 Å². The van der Waals surface area contributed by atoms with Crippen LogP contribution in [0.4, 0.5) is 0 Å². The second kappa shape index (κ2) is 9.22. The van der Waals surface area contributed by atoms with Crippen molar-refractivity contribution in [2.24, 2.45) is 0 Å². The van der Waals surface area contributed by atoms with E-state index in [1.165, 1.54) is 38.7 Å². The van der Waals surface area contributed by atoms with Crippen LogP contribution < -0.4 is 5.32 Å². The molecule has 4 aromatic rings. The molecule has 1 N–H and O–H groups in total. The molecular formula is C28H30N2O. The average molecular weight is 411 g/mol. The quantitative estimate of drug-likeness (QED) is 0.407. The summed E-state index contributed by atoms with van der Waals surface area (Å²) in [5.41, 5.74) is 8.73. The molecule has 0 aliphatic heterocycles. The smallest absolute Gasteiger partial charge is 0.220 e. The van der Waals surface area contributed by atoms with E-state index in [1.54, 1.807) is 0 Å². The van der Waals surface area contributed by atoms with Crippen LogP contribution in [0.25, 0.3) is 10.9 Å². The Morgan fingerprint density at radius 1 is 0.871 bits per heavy atom. The van der Waals surface area contributed by atoms with Crippen LogP contribution in [-0.4, -0.2) is 10.5 Å². The third kappa shape index (κ3) is 5.05. The van der Waals surface area contributed by atoms with E-state index in [1.807, 2.05) is 0 Å². The highest BCUT2D eigenvalue weighted by Crippen LogP contribution is 2.24. The summed E-state index contributed by atoms with van der Waals surface area (Å²) in [6.45, 7) is 7.79. The first kappa shape index (κ1) is 20.9. The van der Waals surface area contributed by atoms with E-state index in [2.05, 4.69) is 104 Å². The molecule has 0 saturated carbocycles. The van der Waals surface area contributed by atoms with Crippen molar-refractivity contribution >= 4 is 16.8 Å². The molecule has 0 aliphatic rings. The van der Waals surface area contributed by atoms with E-state index in [0.29, 0.717) is 13.0 Å². The lowest BCUT2D eigenvalue weighted by Crippen LogP contribution is -2.22. The Morgan fingerprint density at radius 2 is 1.61 bits per heavy atom. The van der Waals surface area contributed by atoms with Gasteiger partial charge in [-0.25, -0.2) is 0 Å². The van der Waals surface area contributed by atoms with Crippen LogP contribution in [-0.2, 0) is 24.3 Å². The van der Waals surface area contributed by atoms with Crippen LogP contribution in [0.3, 0.4) is 0 Å². The van der Waals surface area contributed by atoms with Gasteiger partial charge in [-0.15, -0.1) is 0 Å². The van der Waals surface area contributed by atoms with Gasteiger partial charge in [0.2, 0.25) is 5.91 Å². The lowest BCUT2D eigenvalue weighted by molar-refractivity contribution is -0.121. The number of nitrogens with zero attached hydrogens (tertiary/aromatic N) is 1. The third-order valence-corrected chi connectivity index (χ3v) is 5.95. The molecule has 0 fully saturated rings. The number of carbonyl (C=O) groups excluding carboxylic acids is 1. The second-order valence-corrected chi connectivity index (χ2v) is 8.49. The number of fused-ring (bicyclic) bond motifs is 1. The minimum atomic E-state index is 0.0898. The highest BCUT2D eigenvalue weighted by atomic mass is 16.1. The zero-order valence-corrected chi connectivity index (χ0v) is 18.6. The first-order chi connectivity index (χ1) is 15.0. The lowest BCUT2D eigenvalue weighted by atomic mass is 10.1. The van der Waals surface area contributed by atoms with Crippen molar-refractivity contribution in [1.29, 1.82) is 0 Å². The Bertz CT molecular complexity index is 1200. The number of rotatable bonds is 7. The van der Waals surface area contributed by atoms with E-state index in [9.17, 15) is 4.79 Å². The van der Waals surface area contributed by atoms with Crippen molar-refractivity contribution in [2.45, 2.75) is 46.7 Å². The number of aryl methyl sites for hydroxylation is 4. The van der Waals surface area contributed by atoms with Gasteiger partial charge in [0.25, 0.3) is 0 Å². The summed E-state index contributed by atoms with van der Waals surface area (Å²) in [5.74, 6) is 0.0898. The monoisotopic (exact) mass is 410 g/mol. The number of nitrogens with one attached hydrogen (secondary N) is 1. The van der Waals surface area contributed by atoms with Crippen LogP contribution in [0.15, 0.2) is 72.9 Å². The summed E-state index contributed by atoms with van der Waals surface area (Å²) in [6, 6.07) is 23.4. The molecule has 4 rings (SSSR count). The zero-order valence-electron chi connectivity index (χ0n) is 18.6. The first-order valence-electron chi connectivity index (χ1n) is 10.9. The fourth-order valence-electron chi connectivity index (χ4n) is 4.05. The number of hydrogen-bond donors (Lipinski definition) is 1. The van der Waals surface area contributed by atoms with Crippen molar-refractivity contribution in [3.8, 4) is 0 Å². The normalized spacial score (nSPS) is 11.1. The van der Waals surface area contributed by atoms with Crippen molar-refractivity contribution in [3.63, 3.8) is 0 Å². The molecule has 0 unspecified atom stereocenters. The maximum Gasteiger partial charge on any atom is 0.220 e. The van der Waals surface area contributed by atoms with Gasteiger partial charge in [-0.05, 0) is 55.5 Å². The lowest BCUT2D eigenvalue weighted by Gasteiger charge is -2.10. The fourth-order valence-corrected chi connectivity index (χ4v) is 4.05. The topological polar surface area (TPSA) is 34.0 Å². The van der Waals surface area contributed by atoms with E-state index >= 15 is 0 Å². The highest BCUT2D eigenvalue weighted by molar-refractivity contribution is 5.85. The molecule has 0 radical (unpaired) electrons. The summed E-state index contributed by atoms with van der Waals surface area (Å²) in [4.78, 5) is 12.5. The zero-order chi connectivity index (χ0) is 21.8. The molecule has 1 aromatic heterocycles. The Balaban J connectivity index is 1.46. The summed E-state index contributed by atoms with van der Waals surface area (Å²) < 4.78 is 2.32. The largest absolute Gasteiger partial charge is 0.352 e. The van der Waals surface area contributed by atoms with Crippen molar-refractivity contribution in [2.75, 3.05) is 0 Å². The van der Waals surface area contributed by atoms with Gasteiger partial charge >= 0.3 is 0 Å². The van der Waals surface area contributed by atoms with Crippen molar-refractivity contribution in [1.82, 2.24) is 9.88 Å². The molecule has 3 nitrogen and oxygen atoms in total. The molecule has 1 heterocycles. The molecule has 0 atom stereocenters. The number of aromatic nitrogens is 1. The van der Waals surface area contributed by atoms with Gasteiger partial charge in [0.05, 0.1) is 0 Å². The van der Waals surface area contributed by atoms with Crippen molar-refractivity contribution < 1.29 is 4.79 Å². The number of para-hydroxylation sites is 1. The molecule has 3 aromatic carbocycles. The van der Waals surface area contributed by atoms with Gasteiger partial charge in [-0.3, -0.25) is 4.79 Å². The summed E-state index contributed by atoms with van der Waals surface area (Å²) in [6.07, 6.45) is 3.45. The van der Waals surface area contributed by atoms with Crippen LogP contribution in [0.2, 0.25) is 0 Å². The van der Waals surface area contributed by atoms with Crippen LogP contribution in [0.1, 0.15) is 39.8 Å². The minimum Gasteiger partial charge on any atom is -0.352 e. The van der Waals surface area contributed by atoms with Gasteiger partial charge < -0.3 is 9.88 Å². The van der Waals surface area contributed by atoms with Crippen LogP contribution >= 0.6 is 0 Å². The number of amides is 1. The number of hydrogen-bond acceptors (Lipinski definition) is 1. The summed E-state index contributed by atoms with van der Waals surface area (Å²) in [5, 5.41) is 4.29. The molecule has 0 spiro atoms. The van der Waals surface area contributed by atoms with E-state index in [-0.39, 0.29) is 5.91 Å². The van der Waals surface area contributed by atoms with E-state index in [4.69, 9.17) is 0 Å². The predicted molar refractivity (Wildman–Crippen MR) is 128 cm³/mol. The maximum atomic E-state index is 12.5. The summed E-state index contributed by atoms with van der Waals surface area (Å²) in [7, 11) is 0. The molecular weight excluding hydrogens is 380 g/mol. The molecule has 0 aliphatic carbocycles. The second-order valence-electron chi connectivity index (χ2n) is 8.49. The van der Waals surface area contributed by atoms with E-state index < -0.39 is 0 Å². The molecule has 1 amide bonds. The first-order valence-corrected chi connectivity index (χ1v) is 10.9. The fraction of sp³-hybridized carbons (Fsp3) is 0.250. The van der Waals surface area contributed by atoms with Crippen LogP contribution in [0, 0.1) is 20.8 Å². The average Bonchev–Trinajstić information content (AvgIpc) is 3.12. The third-order valence-electron chi connectivity index (χ3n) is 5.95. The predicted octanol–water partition coefficient (Wildman–Crippen LogP) is 5.86. The SMILES string of the molecule is Cc1ccc(CNC(=O)CCc2cn(Cc3cc(C)ccc3C)c3ccccc23)cc1. The molecule has 0 bridgehead atoms. The molecule has 31 heavy (non-hydrogen) atoms. The number of benzene rings is 3. The van der Waals surface area contributed by atoms with Gasteiger partial charge in [0, 0.05) is 36.6 Å². The van der Waals surface area contributed by atoms with Crippen LogP contribution in [0.5, 0.6) is 0 Å². The Morgan fingerprint density at radius 3 is 2.42 bits per heavy atom. The standard InChI is InChI=1S/C28H30N2O/c1-20-9-12-23(13-10-20)17-29-28(31)15-14-24-18-30(27-7-5-4-6-26(24)27)19-25-16-21(2)8-11-22(25)3/h4-13,16,18H,14-15,17,19H2,1-3H3,(H,29,31). The van der Waals surface area contributed by atoms with Gasteiger partial charge in [0.15, 0.2) is 0 Å². The maximum absolute atomic E-state index is 12.5. The van der Waals surface area contributed by atoms with Gasteiger partial charge in [0.1, 0.15) is 0 Å². The minimum absolute atomic E-state index is 0.0898. The van der Waals surface area contributed by atoms with Crippen molar-refractivity contribution in [3.05, 3.63) is 106 Å². The molecule has 158 valence electrons.